The van der Waals surface area contributed by atoms with Crippen molar-refractivity contribution in [2.75, 3.05) is 5.32 Å². The zero-order valence-corrected chi connectivity index (χ0v) is 23.5. The predicted molar refractivity (Wildman–Crippen MR) is 156 cm³/mol. The quantitative estimate of drug-likeness (QED) is 0.0739. The normalized spacial score (nSPS) is 10.7. The van der Waals surface area contributed by atoms with Gasteiger partial charge in [0.1, 0.15) is 0 Å². The number of nitro groups is 1. The molecule has 40 heavy (non-hydrogen) atoms. The monoisotopic (exact) mass is 664 g/mol. The van der Waals surface area contributed by atoms with E-state index < -0.39 is 16.8 Å². The van der Waals surface area contributed by atoms with E-state index in [2.05, 4.69) is 47.7 Å². The average Bonchev–Trinajstić information content (AvgIpc) is 2.95. The molecular formula is C28H18Br2N4O6. The number of carbonyl (C=O) groups is 3. The number of nitrogens with one attached hydrogen (secondary N) is 2. The number of hydrazone groups is 1. The molecule has 0 fully saturated rings. The predicted octanol–water partition coefficient (Wildman–Crippen LogP) is 6.36. The van der Waals surface area contributed by atoms with E-state index in [1.807, 2.05) is 0 Å². The van der Waals surface area contributed by atoms with Gasteiger partial charge in [-0.2, -0.15) is 5.10 Å². The van der Waals surface area contributed by atoms with Crippen LogP contribution in [-0.2, 0) is 0 Å². The fourth-order valence-corrected chi connectivity index (χ4v) is 4.75. The Kier molecular flexibility index (Phi) is 9.15. The van der Waals surface area contributed by atoms with Gasteiger partial charge >= 0.3 is 5.97 Å². The lowest BCUT2D eigenvalue weighted by molar-refractivity contribution is -0.384. The second kappa shape index (κ2) is 12.9. The summed E-state index contributed by atoms with van der Waals surface area (Å²) < 4.78 is 6.59. The van der Waals surface area contributed by atoms with Crippen LogP contribution in [0.15, 0.2) is 105 Å². The number of hydrogen-bond donors (Lipinski definition) is 2. The van der Waals surface area contributed by atoms with Crippen LogP contribution in [0.4, 0.5) is 11.4 Å². The minimum Gasteiger partial charge on any atom is -0.421 e. The number of amides is 2. The van der Waals surface area contributed by atoms with E-state index in [0.29, 0.717) is 25.8 Å². The van der Waals surface area contributed by atoms with Crippen LogP contribution in [0, 0.1) is 10.1 Å². The number of hydrogen-bond acceptors (Lipinski definition) is 7. The molecule has 4 aromatic rings. The standard InChI is InChI=1S/C28H18Br2N4O6/c29-21-13-20(25(24(30)15-21)40-28(37)18-9-11-23(12-10-18)34(38)39)16-31-33-27(36)19-7-4-8-22(14-19)32-26(35)17-5-2-1-3-6-17/h1-16H,(H,32,35)(H,33,36). The minimum absolute atomic E-state index is 0.107. The van der Waals surface area contributed by atoms with E-state index in [-0.39, 0.29) is 28.5 Å². The van der Waals surface area contributed by atoms with Crippen LogP contribution in [0.1, 0.15) is 36.6 Å². The molecular weight excluding hydrogens is 648 g/mol. The smallest absolute Gasteiger partial charge is 0.343 e. The molecule has 0 aliphatic carbocycles. The third kappa shape index (κ3) is 7.24. The third-order valence-corrected chi connectivity index (χ3v) is 6.38. The number of nitro benzene ring substituents is 1. The lowest BCUT2D eigenvalue weighted by Gasteiger charge is -2.10. The highest BCUT2D eigenvalue weighted by Gasteiger charge is 2.17. The number of non-ortho nitro benzene ring substituents is 1. The Morgan fingerprint density at radius 1 is 0.825 bits per heavy atom. The molecule has 0 heterocycles. The number of benzene rings is 4. The van der Waals surface area contributed by atoms with Gasteiger partial charge in [0.05, 0.1) is 21.2 Å². The largest absolute Gasteiger partial charge is 0.421 e. The molecule has 0 aromatic heterocycles. The number of rotatable bonds is 8. The van der Waals surface area contributed by atoms with Gasteiger partial charge in [-0.3, -0.25) is 19.7 Å². The highest BCUT2D eigenvalue weighted by molar-refractivity contribution is 9.11. The van der Waals surface area contributed by atoms with E-state index in [4.69, 9.17) is 4.74 Å². The fraction of sp³-hybridized carbons (Fsp3) is 0. The summed E-state index contributed by atoms with van der Waals surface area (Å²) >= 11 is 6.72. The second-order valence-corrected chi connectivity index (χ2v) is 9.87. The van der Waals surface area contributed by atoms with Crippen molar-refractivity contribution >= 4 is 67.2 Å². The first-order valence-corrected chi connectivity index (χ1v) is 13.1. The number of nitrogens with zero attached hydrogens (tertiary/aromatic N) is 2. The molecule has 0 atom stereocenters. The SMILES string of the molecule is O=C(NN=Cc1cc(Br)cc(Br)c1OC(=O)c1ccc([N+](=O)[O-])cc1)c1cccc(NC(=O)c2ccccc2)c1. The molecule has 0 saturated heterocycles. The van der Waals surface area contributed by atoms with Gasteiger partial charge in [0.2, 0.25) is 0 Å². The fourth-order valence-electron chi connectivity index (χ4n) is 3.41. The minimum atomic E-state index is -0.744. The number of esters is 1. The van der Waals surface area contributed by atoms with E-state index >= 15 is 0 Å². The van der Waals surface area contributed by atoms with Crippen LogP contribution in [-0.4, -0.2) is 28.9 Å². The number of halogens is 2. The topological polar surface area (TPSA) is 140 Å². The Balaban J connectivity index is 1.46. The summed E-state index contributed by atoms with van der Waals surface area (Å²) in [4.78, 5) is 48.1. The van der Waals surface area contributed by atoms with Crippen molar-refractivity contribution in [1.29, 1.82) is 0 Å². The summed E-state index contributed by atoms with van der Waals surface area (Å²) in [7, 11) is 0. The molecule has 2 N–H and O–H groups in total. The van der Waals surface area contributed by atoms with E-state index in [9.17, 15) is 24.5 Å². The molecule has 0 aliphatic rings. The van der Waals surface area contributed by atoms with Gasteiger partial charge in [0, 0.05) is 39.0 Å². The highest BCUT2D eigenvalue weighted by atomic mass is 79.9. The molecule has 0 aliphatic heterocycles. The highest BCUT2D eigenvalue weighted by Crippen LogP contribution is 2.33. The van der Waals surface area contributed by atoms with Crippen molar-refractivity contribution in [3.63, 3.8) is 0 Å². The Labute approximate surface area is 244 Å². The van der Waals surface area contributed by atoms with Gasteiger partial charge < -0.3 is 10.1 Å². The number of anilines is 1. The zero-order chi connectivity index (χ0) is 28.6. The maximum atomic E-state index is 12.7. The number of carbonyl (C=O) groups excluding carboxylic acids is 3. The van der Waals surface area contributed by atoms with Crippen molar-refractivity contribution in [2.45, 2.75) is 0 Å². The van der Waals surface area contributed by atoms with Crippen LogP contribution in [0.3, 0.4) is 0 Å². The lowest BCUT2D eigenvalue weighted by atomic mass is 10.1. The molecule has 2 amide bonds. The Hall–Kier alpha value is -4.68. The molecule has 12 heteroatoms. The van der Waals surface area contributed by atoms with Crippen LogP contribution in [0.25, 0.3) is 0 Å². The van der Waals surface area contributed by atoms with E-state index in [1.165, 1.54) is 36.5 Å². The van der Waals surface area contributed by atoms with Crippen LogP contribution in [0.2, 0.25) is 0 Å². The van der Waals surface area contributed by atoms with Gasteiger partial charge in [0.15, 0.2) is 5.75 Å². The second-order valence-electron chi connectivity index (χ2n) is 8.10. The van der Waals surface area contributed by atoms with Crippen LogP contribution in [0.5, 0.6) is 5.75 Å². The van der Waals surface area contributed by atoms with E-state index in [0.717, 1.165) is 0 Å². The first-order chi connectivity index (χ1) is 19.2. The van der Waals surface area contributed by atoms with Crippen LogP contribution >= 0.6 is 31.9 Å². The molecule has 0 unspecified atom stereocenters. The van der Waals surface area contributed by atoms with Crippen molar-refractivity contribution in [2.24, 2.45) is 5.10 Å². The third-order valence-electron chi connectivity index (χ3n) is 5.33. The van der Waals surface area contributed by atoms with Gasteiger partial charge in [-0.1, -0.05) is 40.2 Å². The van der Waals surface area contributed by atoms with Gasteiger partial charge in [0.25, 0.3) is 17.5 Å². The van der Waals surface area contributed by atoms with Crippen molar-refractivity contribution in [3.8, 4) is 5.75 Å². The van der Waals surface area contributed by atoms with Gasteiger partial charge in [-0.15, -0.1) is 0 Å². The molecule has 4 rings (SSSR count). The van der Waals surface area contributed by atoms with Crippen molar-refractivity contribution in [3.05, 3.63) is 132 Å². The summed E-state index contributed by atoms with van der Waals surface area (Å²) in [6, 6.07) is 23.3. The summed E-state index contributed by atoms with van der Waals surface area (Å²) in [6.07, 6.45) is 1.30. The van der Waals surface area contributed by atoms with Gasteiger partial charge in [-0.05, 0) is 70.5 Å². The number of ether oxygens (including phenoxy) is 1. The average molecular weight is 666 g/mol. The summed E-state index contributed by atoms with van der Waals surface area (Å²) in [5.41, 5.74) is 3.87. The summed E-state index contributed by atoms with van der Waals surface area (Å²) in [5, 5.41) is 17.6. The maximum absolute atomic E-state index is 12.7. The molecule has 0 radical (unpaired) electrons. The maximum Gasteiger partial charge on any atom is 0.343 e. The summed E-state index contributed by atoms with van der Waals surface area (Å²) in [5.74, 6) is -1.47. The Morgan fingerprint density at radius 2 is 1.52 bits per heavy atom. The Bertz CT molecular complexity index is 1630. The zero-order valence-electron chi connectivity index (χ0n) is 20.3. The van der Waals surface area contributed by atoms with Gasteiger partial charge in [-0.25, -0.2) is 10.2 Å². The first kappa shape index (κ1) is 28.3. The molecule has 200 valence electrons. The Morgan fingerprint density at radius 3 is 2.23 bits per heavy atom. The molecule has 0 saturated carbocycles. The molecule has 10 nitrogen and oxygen atoms in total. The molecule has 0 spiro atoms. The first-order valence-electron chi connectivity index (χ1n) is 11.5. The van der Waals surface area contributed by atoms with E-state index in [1.54, 1.807) is 60.7 Å². The molecule has 0 bridgehead atoms. The van der Waals surface area contributed by atoms with Crippen molar-refractivity contribution in [1.82, 2.24) is 5.43 Å². The van der Waals surface area contributed by atoms with Crippen molar-refractivity contribution < 1.29 is 24.0 Å². The molecule has 4 aromatic carbocycles. The summed E-state index contributed by atoms with van der Waals surface area (Å²) in [6.45, 7) is 0. The van der Waals surface area contributed by atoms with Crippen LogP contribution < -0.4 is 15.5 Å². The lowest BCUT2D eigenvalue weighted by Crippen LogP contribution is -2.18.